The SMILES string of the molecule is CC.CC.CCC[N+](CC)=c1ccc2c(-c3ccccc3C(=O)O)c3c(=O)oc4cc5c(cc4c3oc-2c1)C(C)=CC(C)(C)N5CC.CCN1c2cc3oc(=O)c4c(-c5ccccc5C(=O)O)c5ccc(=[N+](C)C)cc-5oc4c3cc2C(C)=CC1(C)C.CO.SI.SI. The monoisotopic (exact) mass is 1520 g/mol. The summed E-state index contributed by atoms with van der Waals surface area (Å²) in [7, 11) is 11.9. The number of thiol groups is 2. The van der Waals surface area contributed by atoms with Gasteiger partial charge in [-0.2, -0.15) is 0 Å². The number of fused-ring (bicyclic) bond motifs is 10. The van der Waals surface area contributed by atoms with Crippen molar-refractivity contribution in [2.75, 3.05) is 57.2 Å². The molecule has 15 nitrogen and oxygen atoms in total. The molecule has 0 amide bonds. The van der Waals surface area contributed by atoms with Crippen LogP contribution in [0.1, 0.15) is 135 Å². The number of carboxylic acids is 2. The van der Waals surface area contributed by atoms with Crippen LogP contribution in [0.3, 0.4) is 0 Å². The van der Waals surface area contributed by atoms with Gasteiger partial charge >= 0.3 is 23.2 Å². The normalized spacial score (nSPS) is 13.5. The number of hydrogen-bond acceptors (Lipinski definition) is 13. The van der Waals surface area contributed by atoms with Gasteiger partial charge in [0.15, 0.2) is 11.2 Å². The van der Waals surface area contributed by atoms with Gasteiger partial charge in [0.1, 0.15) is 60.6 Å². The maximum absolute atomic E-state index is 13.9. The summed E-state index contributed by atoms with van der Waals surface area (Å²) in [6, 6.07) is 33.0. The molecule has 4 aliphatic heterocycles. The number of carbonyl (C=O) groups is 2. The Bertz CT molecular complexity index is 4690. The van der Waals surface area contributed by atoms with Crippen molar-refractivity contribution in [1.29, 1.82) is 0 Å². The zero-order chi connectivity index (χ0) is 69.1. The first kappa shape index (κ1) is 74.9. The molecule has 0 saturated carbocycles. The second-order valence-electron chi connectivity index (χ2n) is 22.9. The molecule has 6 heterocycles. The van der Waals surface area contributed by atoms with E-state index in [1.54, 1.807) is 48.5 Å². The van der Waals surface area contributed by atoms with Crippen molar-refractivity contribution in [1.82, 2.24) is 9.15 Å². The maximum Gasteiger partial charge on any atom is 0.348 e. The third kappa shape index (κ3) is 14.6. The van der Waals surface area contributed by atoms with Crippen LogP contribution < -0.4 is 40.9 Å². The molecule has 6 aromatic rings. The van der Waals surface area contributed by atoms with E-state index in [4.69, 9.17) is 22.8 Å². The molecule has 12 rings (SSSR count). The van der Waals surface area contributed by atoms with Crippen LogP contribution in [0.25, 0.3) is 99.9 Å². The first-order chi connectivity index (χ1) is 44.6. The van der Waals surface area contributed by atoms with Crippen molar-refractivity contribution in [3.63, 3.8) is 0 Å². The van der Waals surface area contributed by atoms with Gasteiger partial charge in [0.25, 0.3) is 0 Å². The summed E-state index contributed by atoms with van der Waals surface area (Å²) in [5.74, 6) is -1.04. The standard InChI is InChI=1S/C36H36N2O5.C33H30N2O5.2C2H6.CH4O.2HIS/c1-7-16-37(8-2)22-14-15-25-29(17-22)42-33-27-18-26-21(4)20-36(5,6)38(9-3)28(26)19-30(27)43-35(41)32(33)31(25)23-12-10-11-13-24(23)34(39)40;1-7-35-25-16-27-24(15-23(25)18(2)17-33(35,3)4)30-29(32(38)40-27)28(20-10-8-9-11-21(20)31(36)37)22-13-12-19(34(5)6)14-26(22)39-30;5*1-2/h10-15,17-20H,7-9,16H2,1-6H3;8-17H,7H2,1-6H3;2*1-2H3;2H,1H3;2*2H/p+2. The molecule has 0 atom stereocenters. The van der Waals surface area contributed by atoms with E-state index in [1.165, 1.54) is 0 Å². The molecule has 19 heteroatoms. The minimum Gasteiger partial charge on any atom is -0.478 e. The summed E-state index contributed by atoms with van der Waals surface area (Å²) in [5.41, 5.74) is 9.70. The molecule has 3 N–H and O–H groups in total. The van der Waals surface area contributed by atoms with E-state index in [1.807, 2.05) is 149 Å². The molecule has 0 fully saturated rings. The Morgan fingerprint density at radius 1 is 0.527 bits per heavy atom. The minimum atomic E-state index is -1.08. The molecular weight excluding hydrogens is 1440 g/mol. The van der Waals surface area contributed by atoms with E-state index in [-0.39, 0.29) is 33.0 Å². The summed E-state index contributed by atoms with van der Waals surface area (Å²) in [6.45, 7) is 32.6. The highest BCUT2D eigenvalue weighted by Gasteiger charge is 2.35. The van der Waals surface area contributed by atoms with Crippen LogP contribution in [0.5, 0.6) is 0 Å². The highest BCUT2D eigenvalue weighted by molar-refractivity contribution is 14.2. The summed E-state index contributed by atoms with van der Waals surface area (Å²) in [4.78, 5) is 57.0. The van der Waals surface area contributed by atoms with E-state index >= 15 is 0 Å². The van der Waals surface area contributed by atoms with Gasteiger partial charge in [-0.3, -0.25) is 0 Å². The first-order valence-corrected chi connectivity index (χ1v) is 37.6. The number of benzene rings is 6. The fraction of sp³-hybridized carbons (Fsp3) is 0.324. The average Bonchev–Trinajstić information content (AvgIpc) is 0.728. The molecule has 0 unspecified atom stereocenters. The van der Waals surface area contributed by atoms with Crippen LogP contribution in [-0.2, 0) is 0 Å². The van der Waals surface area contributed by atoms with Crippen LogP contribution in [0.4, 0.5) is 11.4 Å². The number of aliphatic hydroxyl groups is 1. The lowest BCUT2D eigenvalue weighted by molar-refractivity contribution is 0.0687. The van der Waals surface area contributed by atoms with Crippen LogP contribution in [0.2, 0.25) is 0 Å². The van der Waals surface area contributed by atoms with Gasteiger partial charge in [0.2, 0.25) is 10.7 Å². The Hall–Kier alpha value is -7.18. The Morgan fingerprint density at radius 3 is 1.26 bits per heavy atom. The fourth-order valence-electron chi connectivity index (χ4n) is 12.9. The quantitative estimate of drug-likeness (QED) is 0.0229. The van der Waals surface area contributed by atoms with E-state index in [2.05, 4.69) is 115 Å². The van der Waals surface area contributed by atoms with Gasteiger partial charge < -0.3 is 42.8 Å². The Labute approximate surface area is 579 Å². The topological polar surface area (TPSA) is 194 Å². The number of hydrogen-bond donors (Lipinski definition) is 5. The van der Waals surface area contributed by atoms with Crippen LogP contribution in [0, 0.1) is 0 Å². The molecule has 0 spiro atoms. The highest BCUT2D eigenvalue weighted by Crippen LogP contribution is 2.48. The molecule has 2 aromatic heterocycles. The minimum absolute atomic E-state index is 0.0949. The van der Waals surface area contributed by atoms with Gasteiger partial charge in [0.05, 0.1) is 45.1 Å². The van der Waals surface area contributed by atoms with E-state index in [0.29, 0.717) is 78.0 Å². The van der Waals surface area contributed by atoms with Crippen LogP contribution in [0.15, 0.2) is 149 Å². The van der Waals surface area contributed by atoms with Crippen molar-refractivity contribution in [2.24, 2.45) is 0 Å². The fourth-order valence-corrected chi connectivity index (χ4v) is 12.9. The van der Waals surface area contributed by atoms with E-state index in [0.717, 1.165) is 84.1 Å². The second kappa shape index (κ2) is 32.3. The molecule has 93 heavy (non-hydrogen) atoms. The van der Waals surface area contributed by atoms with Crippen LogP contribution in [-0.4, -0.2) is 85.7 Å². The Morgan fingerprint density at radius 2 is 0.903 bits per heavy atom. The largest absolute Gasteiger partial charge is 0.478 e. The van der Waals surface area contributed by atoms with Gasteiger partial charge in [-0.15, -0.1) is 19.6 Å². The van der Waals surface area contributed by atoms with Gasteiger partial charge in [-0.1, -0.05) is 83.2 Å². The lowest BCUT2D eigenvalue weighted by Crippen LogP contribution is -2.44. The third-order valence-corrected chi connectivity index (χ3v) is 16.6. The molecule has 0 radical (unpaired) electrons. The van der Waals surface area contributed by atoms with E-state index in [9.17, 15) is 29.4 Å². The smallest absolute Gasteiger partial charge is 0.348 e. The molecule has 492 valence electrons. The number of allylic oxidation sites excluding steroid dienone is 2. The number of halogens is 2. The number of aliphatic hydroxyl groups excluding tert-OH is 1. The summed E-state index contributed by atoms with van der Waals surface area (Å²) >= 11 is 3.69. The summed E-state index contributed by atoms with van der Waals surface area (Å²) < 4.78 is 29.5. The summed E-state index contributed by atoms with van der Waals surface area (Å²) in [6.07, 6.45) is 5.50. The lowest BCUT2D eigenvalue weighted by atomic mass is 9.87. The predicted octanol–water partition coefficient (Wildman–Crippen LogP) is 17.5. The number of carboxylic acid groups (broad SMARTS) is 2. The molecule has 0 saturated heterocycles. The Kier molecular flexibility index (Phi) is 26.0. The summed E-state index contributed by atoms with van der Waals surface area (Å²) in [5, 5.41) is 30.9. The number of nitrogens with zero attached hydrogens (tertiary/aromatic N) is 4. The zero-order valence-corrected chi connectivity index (χ0v) is 62.2. The maximum atomic E-state index is 13.9. The van der Waals surface area contributed by atoms with E-state index < -0.39 is 23.2 Å². The highest BCUT2D eigenvalue weighted by atomic mass is 127. The molecular formula is C74H86I2N4O11S2+2. The number of rotatable bonds is 9. The van der Waals surface area contributed by atoms with Gasteiger partial charge in [-0.25, -0.2) is 28.3 Å². The first-order valence-electron chi connectivity index (χ1n) is 31.1. The average molecular weight is 1530 g/mol. The van der Waals surface area contributed by atoms with Crippen molar-refractivity contribution < 1.29 is 42.6 Å². The molecule has 4 aromatic carbocycles. The number of anilines is 2. The van der Waals surface area contributed by atoms with Gasteiger partial charge in [0, 0.05) is 95.6 Å². The van der Waals surface area contributed by atoms with Crippen molar-refractivity contribution in [3.8, 4) is 44.9 Å². The number of likely N-dealkylation sites (N-methyl/N-ethyl adjacent to an activating group) is 2. The zero-order valence-electron chi connectivity index (χ0n) is 56.1. The number of aromatic carboxylic acids is 2. The molecule has 2 aliphatic carbocycles. The second-order valence-corrected chi connectivity index (χ2v) is 22.9. The molecule has 6 aliphatic rings. The van der Waals surface area contributed by atoms with Crippen molar-refractivity contribution in [3.05, 3.63) is 175 Å². The van der Waals surface area contributed by atoms with Crippen molar-refractivity contribution >= 4 is 140 Å². The molecule has 0 bridgehead atoms. The third-order valence-electron chi connectivity index (χ3n) is 16.6. The van der Waals surface area contributed by atoms with Crippen molar-refractivity contribution in [2.45, 2.75) is 114 Å². The Balaban J connectivity index is 0.000000261. The predicted molar refractivity (Wildman–Crippen MR) is 409 cm³/mol. The van der Waals surface area contributed by atoms with Crippen LogP contribution >= 0.6 is 62.0 Å². The van der Waals surface area contributed by atoms with Gasteiger partial charge in [-0.05, 0) is 163 Å². The lowest BCUT2D eigenvalue weighted by Gasteiger charge is -2.42.